The zero-order chi connectivity index (χ0) is 14.8. The molecule has 8 heteroatoms. The maximum atomic E-state index is 11.8. The lowest BCUT2D eigenvalue weighted by Gasteiger charge is -2.24. The highest BCUT2D eigenvalue weighted by Gasteiger charge is 2.26. The molecule has 0 amide bonds. The number of carboxylic acid groups (broad SMARTS) is 1. The van der Waals surface area contributed by atoms with Gasteiger partial charge in [-0.3, -0.25) is 4.31 Å². The largest absolute Gasteiger partial charge is 0.478 e. The third-order valence-corrected chi connectivity index (χ3v) is 4.98. The molecule has 0 aliphatic rings. The summed E-state index contributed by atoms with van der Waals surface area (Å²) < 4.78 is 24.5. The number of hydrogen-bond acceptors (Lipinski definition) is 4. The van der Waals surface area contributed by atoms with Crippen molar-refractivity contribution in [1.82, 2.24) is 0 Å². The number of carboxylic acids is 1. The molecule has 0 saturated carbocycles. The Morgan fingerprint density at radius 2 is 2.05 bits per heavy atom. The molecular formula is C11H14ClNO4S2. The van der Waals surface area contributed by atoms with E-state index in [0.29, 0.717) is 4.90 Å². The number of carbonyl (C=O) groups is 1. The molecule has 0 aromatic heterocycles. The van der Waals surface area contributed by atoms with Gasteiger partial charge < -0.3 is 5.11 Å². The van der Waals surface area contributed by atoms with Gasteiger partial charge in [-0.15, -0.1) is 11.8 Å². The van der Waals surface area contributed by atoms with Crippen molar-refractivity contribution in [2.75, 3.05) is 23.4 Å². The average Bonchev–Trinajstić information content (AvgIpc) is 2.29. The zero-order valence-corrected chi connectivity index (χ0v) is 13.1. The highest BCUT2D eigenvalue weighted by atomic mass is 35.5. The maximum absolute atomic E-state index is 11.8. The van der Waals surface area contributed by atoms with Gasteiger partial charge in [0.2, 0.25) is 10.0 Å². The normalized spacial score (nSPS) is 11.4. The predicted octanol–water partition coefficient (Wildman–Crippen LogP) is 2.55. The van der Waals surface area contributed by atoms with E-state index in [2.05, 4.69) is 0 Å². The highest BCUT2D eigenvalue weighted by molar-refractivity contribution is 7.98. The van der Waals surface area contributed by atoms with Crippen LogP contribution in [0.25, 0.3) is 0 Å². The summed E-state index contributed by atoms with van der Waals surface area (Å²) in [6.45, 7) is 1.73. The second kappa shape index (κ2) is 6.02. The van der Waals surface area contributed by atoms with Crippen LogP contribution in [-0.2, 0) is 10.0 Å². The van der Waals surface area contributed by atoms with E-state index in [1.807, 2.05) is 0 Å². The first kappa shape index (κ1) is 16.1. The maximum Gasteiger partial charge on any atom is 0.337 e. The monoisotopic (exact) mass is 323 g/mol. The molecular weight excluding hydrogens is 310 g/mol. The molecule has 0 atom stereocenters. The molecule has 106 valence electrons. The van der Waals surface area contributed by atoms with Crippen molar-refractivity contribution < 1.29 is 18.3 Å². The molecule has 0 bridgehead atoms. The van der Waals surface area contributed by atoms with E-state index in [-0.39, 0.29) is 22.8 Å². The van der Waals surface area contributed by atoms with Gasteiger partial charge in [0, 0.05) is 11.4 Å². The van der Waals surface area contributed by atoms with Gasteiger partial charge in [-0.05, 0) is 25.3 Å². The summed E-state index contributed by atoms with van der Waals surface area (Å²) in [5, 5.41) is 9.32. The van der Waals surface area contributed by atoms with Crippen LogP contribution in [0, 0.1) is 0 Å². The molecule has 0 aliphatic carbocycles. The van der Waals surface area contributed by atoms with E-state index in [1.165, 1.54) is 17.8 Å². The quantitative estimate of drug-likeness (QED) is 0.843. The molecule has 0 saturated heterocycles. The van der Waals surface area contributed by atoms with Gasteiger partial charge in [-0.2, -0.15) is 0 Å². The predicted molar refractivity (Wildman–Crippen MR) is 78.1 cm³/mol. The fourth-order valence-electron chi connectivity index (χ4n) is 1.68. The van der Waals surface area contributed by atoms with Crippen molar-refractivity contribution in [3.05, 3.63) is 22.7 Å². The van der Waals surface area contributed by atoms with E-state index >= 15 is 0 Å². The Morgan fingerprint density at radius 3 is 2.42 bits per heavy atom. The number of halogens is 1. The van der Waals surface area contributed by atoms with Crippen molar-refractivity contribution >= 4 is 45.0 Å². The van der Waals surface area contributed by atoms with Crippen LogP contribution < -0.4 is 4.31 Å². The van der Waals surface area contributed by atoms with E-state index in [1.54, 1.807) is 19.2 Å². The molecule has 0 heterocycles. The molecule has 0 fully saturated rings. The van der Waals surface area contributed by atoms with Crippen molar-refractivity contribution in [3.63, 3.8) is 0 Å². The Balaban J connectivity index is 3.66. The van der Waals surface area contributed by atoms with Gasteiger partial charge in [0.15, 0.2) is 0 Å². The van der Waals surface area contributed by atoms with Crippen LogP contribution in [0.3, 0.4) is 0 Å². The van der Waals surface area contributed by atoms with Crippen molar-refractivity contribution in [3.8, 4) is 0 Å². The lowest BCUT2D eigenvalue weighted by atomic mass is 10.1. The molecule has 0 aliphatic heterocycles. The zero-order valence-electron chi connectivity index (χ0n) is 10.7. The van der Waals surface area contributed by atoms with Crippen LogP contribution >= 0.6 is 23.4 Å². The third-order valence-electron chi connectivity index (χ3n) is 2.47. The highest BCUT2D eigenvalue weighted by Crippen LogP contribution is 2.38. The first-order valence-corrected chi connectivity index (χ1v) is 8.76. The van der Waals surface area contributed by atoms with Crippen LogP contribution in [0.1, 0.15) is 17.3 Å². The second-order valence-electron chi connectivity index (χ2n) is 3.71. The van der Waals surface area contributed by atoms with Crippen molar-refractivity contribution in [2.45, 2.75) is 11.8 Å². The molecule has 0 unspecified atom stereocenters. The van der Waals surface area contributed by atoms with Crippen LogP contribution in [0.2, 0.25) is 5.02 Å². The number of sulfonamides is 1. The Kier molecular flexibility index (Phi) is 5.11. The number of nitrogens with zero attached hydrogens (tertiary/aromatic N) is 1. The SMILES string of the molecule is CCN(c1c(C(=O)O)ccc(SC)c1Cl)S(C)(=O)=O. The van der Waals surface area contributed by atoms with Gasteiger partial charge in [-0.1, -0.05) is 11.6 Å². The van der Waals surface area contributed by atoms with E-state index in [4.69, 9.17) is 11.6 Å². The summed E-state index contributed by atoms with van der Waals surface area (Å²) in [4.78, 5) is 11.9. The minimum Gasteiger partial charge on any atom is -0.478 e. The number of benzene rings is 1. The summed E-state index contributed by atoms with van der Waals surface area (Å²) >= 11 is 7.47. The molecule has 0 radical (unpaired) electrons. The molecule has 5 nitrogen and oxygen atoms in total. The molecule has 1 aromatic carbocycles. The topological polar surface area (TPSA) is 74.7 Å². The second-order valence-corrected chi connectivity index (χ2v) is 6.84. The Hall–Kier alpha value is -0.920. The summed E-state index contributed by atoms with van der Waals surface area (Å²) in [5.41, 5.74) is -0.110. The van der Waals surface area contributed by atoms with E-state index in [0.717, 1.165) is 10.6 Å². The summed E-state index contributed by atoms with van der Waals surface area (Å²) in [5.74, 6) is -1.22. The minimum atomic E-state index is -3.60. The Morgan fingerprint density at radius 1 is 1.47 bits per heavy atom. The molecule has 1 N–H and O–H groups in total. The van der Waals surface area contributed by atoms with Gasteiger partial charge in [-0.25, -0.2) is 13.2 Å². The first-order valence-electron chi connectivity index (χ1n) is 5.31. The van der Waals surface area contributed by atoms with E-state index < -0.39 is 16.0 Å². The number of aromatic carboxylic acids is 1. The van der Waals surface area contributed by atoms with Gasteiger partial charge in [0.05, 0.1) is 22.5 Å². The van der Waals surface area contributed by atoms with Crippen molar-refractivity contribution in [2.24, 2.45) is 0 Å². The van der Waals surface area contributed by atoms with Crippen LogP contribution in [-0.4, -0.2) is 38.5 Å². The smallest absolute Gasteiger partial charge is 0.337 e. The van der Waals surface area contributed by atoms with E-state index in [9.17, 15) is 18.3 Å². The Bertz CT molecular complexity index is 601. The van der Waals surface area contributed by atoms with Gasteiger partial charge >= 0.3 is 5.97 Å². The molecule has 0 spiro atoms. The summed E-state index contributed by atoms with van der Waals surface area (Å²) in [6, 6.07) is 2.93. The number of anilines is 1. The minimum absolute atomic E-state index is 0.0195. The number of rotatable bonds is 5. The number of thioether (sulfide) groups is 1. The fraction of sp³-hybridized carbons (Fsp3) is 0.364. The standard InChI is InChI=1S/C11H14ClNO4S2/c1-4-13(19(3,16)17)10-7(11(14)15)5-6-8(18-2)9(10)12/h5-6H,4H2,1-3H3,(H,14,15). The average molecular weight is 324 g/mol. The lowest BCUT2D eigenvalue weighted by Crippen LogP contribution is -2.31. The summed E-state index contributed by atoms with van der Waals surface area (Å²) in [6.07, 6.45) is 2.80. The molecule has 19 heavy (non-hydrogen) atoms. The fourth-order valence-corrected chi connectivity index (χ4v) is 3.70. The van der Waals surface area contributed by atoms with Crippen LogP contribution in [0.15, 0.2) is 17.0 Å². The van der Waals surface area contributed by atoms with Crippen LogP contribution in [0.4, 0.5) is 5.69 Å². The molecule has 1 rings (SSSR count). The van der Waals surface area contributed by atoms with Crippen LogP contribution in [0.5, 0.6) is 0 Å². The van der Waals surface area contributed by atoms with Gasteiger partial charge in [0.1, 0.15) is 0 Å². The Labute approximate surface area is 121 Å². The third kappa shape index (κ3) is 3.34. The summed E-state index contributed by atoms with van der Waals surface area (Å²) in [7, 11) is -3.60. The first-order chi connectivity index (χ1) is 8.73. The number of hydrogen-bond donors (Lipinski definition) is 1. The lowest BCUT2D eigenvalue weighted by molar-refractivity contribution is 0.0697. The van der Waals surface area contributed by atoms with Gasteiger partial charge in [0.25, 0.3) is 0 Å². The molecule has 1 aromatic rings. The van der Waals surface area contributed by atoms with Crippen molar-refractivity contribution in [1.29, 1.82) is 0 Å².